The first-order valence-electron chi connectivity index (χ1n) is 6.49. The third kappa shape index (κ3) is 2.36. The Hall–Kier alpha value is -0.0800. The van der Waals surface area contributed by atoms with Crippen molar-refractivity contribution in [1.82, 2.24) is 9.80 Å². The molecule has 2 heteroatoms. The Labute approximate surface area is 94.6 Å². The smallest absolute Gasteiger partial charge is 0.0200 e. The van der Waals surface area contributed by atoms with E-state index < -0.39 is 0 Å². The first-order valence-corrected chi connectivity index (χ1v) is 6.49. The number of hydrogen-bond acceptors (Lipinski definition) is 2. The Bertz CT molecular complexity index is 215. The summed E-state index contributed by atoms with van der Waals surface area (Å²) in [5.41, 5.74) is 0.338. The SMILES string of the molecule is C[C@@H]1CN(C2CCC2)CCN1C(C)(C)C. The van der Waals surface area contributed by atoms with Crippen molar-refractivity contribution in [2.75, 3.05) is 19.6 Å². The zero-order valence-corrected chi connectivity index (χ0v) is 10.8. The average Bonchev–Trinajstić information content (AvgIpc) is 1.97. The molecule has 1 aliphatic heterocycles. The van der Waals surface area contributed by atoms with Gasteiger partial charge in [0.05, 0.1) is 0 Å². The third-order valence-electron chi connectivity index (χ3n) is 4.11. The molecule has 88 valence electrons. The van der Waals surface area contributed by atoms with E-state index in [-0.39, 0.29) is 0 Å². The minimum absolute atomic E-state index is 0.338. The van der Waals surface area contributed by atoms with Crippen LogP contribution in [0.1, 0.15) is 47.0 Å². The van der Waals surface area contributed by atoms with Gasteiger partial charge in [0.2, 0.25) is 0 Å². The molecule has 0 amide bonds. The third-order valence-corrected chi connectivity index (χ3v) is 4.11. The number of nitrogens with zero attached hydrogens (tertiary/aromatic N) is 2. The monoisotopic (exact) mass is 210 g/mol. The van der Waals surface area contributed by atoms with Crippen LogP contribution in [-0.4, -0.2) is 47.1 Å². The standard InChI is InChI=1S/C13H26N2/c1-11-10-14(12-6-5-7-12)8-9-15(11)13(2,3)4/h11-12H,5-10H2,1-4H3/t11-/m1/s1. The molecular weight excluding hydrogens is 184 g/mol. The number of hydrogen-bond donors (Lipinski definition) is 0. The van der Waals surface area contributed by atoms with E-state index in [2.05, 4.69) is 37.5 Å². The molecule has 2 aliphatic rings. The molecule has 0 spiro atoms. The van der Waals surface area contributed by atoms with Crippen LogP contribution >= 0.6 is 0 Å². The zero-order chi connectivity index (χ0) is 11.1. The van der Waals surface area contributed by atoms with Crippen molar-refractivity contribution >= 4 is 0 Å². The van der Waals surface area contributed by atoms with Crippen LogP contribution in [0.4, 0.5) is 0 Å². The molecule has 0 N–H and O–H groups in total. The summed E-state index contributed by atoms with van der Waals surface area (Å²) < 4.78 is 0. The van der Waals surface area contributed by atoms with Gasteiger partial charge in [-0.1, -0.05) is 6.42 Å². The number of rotatable bonds is 1. The minimum Gasteiger partial charge on any atom is -0.298 e. The maximum atomic E-state index is 2.72. The van der Waals surface area contributed by atoms with Crippen LogP contribution in [0, 0.1) is 0 Å². The summed E-state index contributed by atoms with van der Waals surface area (Å²) >= 11 is 0. The van der Waals surface area contributed by atoms with E-state index in [0.717, 1.165) is 12.1 Å². The van der Waals surface area contributed by atoms with Gasteiger partial charge >= 0.3 is 0 Å². The molecule has 2 rings (SSSR count). The lowest BCUT2D eigenvalue weighted by Gasteiger charge is -2.50. The second-order valence-corrected chi connectivity index (χ2v) is 6.29. The highest BCUT2D eigenvalue weighted by molar-refractivity contribution is 4.91. The van der Waals surface area contributed by atoms with Gasteiger partial charge in [-0.3, -0.25) is 9.80 Å². The van der Waals surface area contributed by atoms with Crippen LogP contribution in [0.15, 0.2) is 0 Å². The van der Waals surface area contributed by atoms with Crippen LogP contribution in [0.2, 0.25) is 0 Å². The highest BCUT2D eigenvalue weighted by atomic mass is 15.3. The van der Waals surface area contributed by atoms with Crippen molar-refractivity contribution in [2.24, 2.45) is 0 Å². The maximum absolute atomic E-state index is 2.72. The van der Waals surface area contributed by atoms with Crippen molar-refractivity contribution in [1.29, 1.82) is 0 Å². The Balaban J connectivity index is 1.90. The molecule has 1 aliphatic carbocycles. The van der Waals surface area contributed by atoms with Crippen LogP contribution in [0.5, 0.6) is 0 Å². The lowest BCUT2D eigenvalue weighted by molar-refractivity contribution is -0.0129. The molecule has 0 aromatic heterocycles. The summed E-state index contributed by atoms with van der Waals surface area (Å²) in [6, 6.07) is 1.65. The van der Waals surface area contributed by atoms with E-state index in [9.17, 15) is 0 Å². The molecule has 2 nitrogen and oxygen atoms in total. The highest BCUT2D eigenvalue weighted by Gasteiger charge is 2.35. The molecule has 1 saturated heterocycles. The van der Waals surface area contributed by atoms with E-state index in [1.807, 2.05) is 0 Å². The van der Waals surface area contributed by atoms with Gasteiger partial charge in [-0.2, -0.15) is 0 Å². The first-order chi connectivity index (χ1) is 6.98. The molecule has 0 bridgehead atoms. The average molecular weight is 210 g/mol. The molecule has 0 unspecified atom stereocenters. The van der Waals surface area contributed by atoms with Gasteiger partial charge in [0, 0.05) is 37.3 Å². The Morgan fingerprint density at radius 3 is 2.13 bits per heavy atom. The lowest BCUT2D eigenvalue weighted by Crippen LogP contribution is -2.60. The first kappa shape index (κ1) is 11.4. The van der Waals surface area contributed by atoms with Gasteiger partial charge in [0.25, 0.3) is 0 Å². The van der Waals surface area contributed by atoms with Crippen LogP contribution in [-0.2, 0) is 0 Å². The highest BCUT2D eigenvalue weighted by Crippen LogP contribution is 2.28. The van der Waals surface area contributed by atoms with Crippen molar-refractivity contribution in [3.05, 3.63) is 0 Å². The second kappa shape index (κ2) is 4.06. The van der Waals surface area contributed by atoms with Crippen molar-refractivity contribution in [3.63, 3.8) is 0 Å². The van der Waals surface area contributed by atoms with E-state index in [0.29, 0.717) is 5.54 Å². The van der Waals surface area contributed by atoms with E-state index in [1.54, 1.807) is 0 Å². The molecule has 0 radical (unpaired) electrons. The van der Waals surface area contributed by atoms with E-state index >= 15 is 0 Å². The largest absolute Gasteiger partial charge is 0.298 e. The van der Waals surface area contributed by atoms with Crippen molar-refractivity contribution < 1.29 is 0 Å². The van der Waals surface area contributed by atoms with Gasteiger partial charge in [-0.05, 0) is 40.5 Å². The minimum atomic E-state index is 0.338. The quantitative estimate of drug-likeness (QED) is 0.655. The molecule has 1 atom stereocenters. The maximum Gasteiger partial charge on any atom is 0.0200 e. The molecule has 15 heavy (non-hydrogen) atoms. The topological polar surface area (TPSA) is 6.48 Å². The molecule has 1 heterocycles. The Morgan fingerprint density at radius 2 is 1.73 bits per heavy atom. The summed E-state index contributed by atoms with van der Waals surface area (Å²) in [5, 5.41) is 0. The normalized spacial score (nSPS) is 31.6. The molecule has 2 fully saturated rings. The van der Waals surface area contributed by atoms with Crippen LogP contribution < -0.4 is 0 Å². The fourth-order valence-electron chi connectivity index (χ4n) is 3.07. The van der Waals surface area contributed by atoms with E-state index in [1.165, 1.54) is 38.9 Å². The van der Waals surface area contributed by atoms with Gasteiger partial charge in [0.15, 0.2) is 0 Å². The summed E-state index contributed by atoms with van der Waals surface area (Å²) in [6.07, 6.45) is 4.35. The summed E-state index contributed by atoms with van der Waals surface area (Å²) in [7, 11) is 0. The van der Waals surface area contributed by atoms with E-state index in [4.69, 9.17) is 0 Å². The molecular formula is C13H26N2. The summed E-state index contributed by atoms with van der Waals surface area (Å²) in [5.74, 6) is 0. The van der Waals surface area contributed by atoms with Gasteiger partial charge in [-0.25, -0.2) is 0 Å². The van der Waals surface area contributed by atoms with Crippen LogP contribution in [0.3, 0.4) is 0 Å². The van der Waals surface area contributed by atoms with Gasteiger partial charge in [-0.15, -0.1) is 0 Å². The zero-order valence-electron chi connectivity index (χ0n) is 10.8. The summed E-state index contributed by atoms with van der Waals surface area (Å²) in [4.78, 5) is 5.37. The molecule has 1 saturated carbocycles. The summed E-state index contributed by atoms with van der Waals surface area (Å²) in [6.45, 7) is 13.2. The predicted octanol–water partition coefficient (Wildman–Crippen LogP) is 2.34. The second-order valence-electron chi connectivity index (χ2n) is 6.29. The fraction of sp³-hybridized carbons (Fsp3) is 1.00. The Morgan fingerprint density at radius 1 is 1.07 bits per heavy atom. The Kier molecular flexibility index (Phi) is 3.09. The predicted molar refractivity (Wildman–Crippen MR) is 65.1 cm³/mol. The van der Waals surface area contributed by atoms with Crippen LogP contribution in [0.25, 0.3) is 0 Å². The van der Waals surface area contributed by atoms with Gasteiger partial charge in [0.1, 0.15) is 0 Å². The molecule has 0 aromatic carbocycles. The number of piperazine rings is 1. The lowest BCUT2D eigenvalue weighted by atomic mass is 9.90. The fourth-order valence-corrected chi connectivity index (χ4v) is 3.07. The van der Waals surface area contributed by atoms with Crippen molar-refractivity contribution in [3.8, 4) is 0 Å². The molecule has 0 aromatic rings. The van der Waals surface area contributed by atoms with Gasteiger partial charge < -0.3 is 0 Å². The van der Waals surface area contributed by atoms with Crippen molar-refractivity contribution in [2.45, 2.75) is 64.6 Å².